The van der Waals surface area contributed by atoms with Crippen LogP contribution in [0.25, 0.3) is 0 Å². The topological polar surface area (TPSA) is 94.0 Å². The van der Waals surface area contributed by atoms with E-state index in [1.165, 1.54) is 0 Å². The number of aryl methyl sites for hydroxylation is 1. The molecule has 1 aromatic rings. The van der Waals surface area contributed by atoms with Gasteiger partial charge in [0, 0.05) is 5.92 Å². The lowest BCUT2D eigenvalue weighted by Crippen LogP contribution is -2.36. The summed E-state index contributed by atoms with van der Waals surface area (Å²) in [6, 6.07) is -0.252. The van der Waals surface area contributed by atoms with Gasteiger partial charge >= 0.3 is 0 Å². The minimum absolute atomic E-state index is 0.0291. The Bertz CT molecular complexity index is 418. The Kier molecular flexibility index (Phi) is 3.96. The van der Waals surface area contributed by atoms with Gasteiger partial charge in [-0.15, -0.1) is 0 Å². The Hall–Kier alpha value is -1.43. The summed E-state index contributed by atoms with van der Waals surface area (Å²) >= 11 is 0. The number of nitrogens with one attached hydrogen (secondary N) is 1. The molecule has 1 aromatic heterocycles. The molecule has 0 spiro atoms. The van der Waals surface area contributed by atoms with Crippen LogP contribution in [0.3, 0.4) is 0 Å². The van der Waals surface area contributed by atoms with Gasteiger partial charge in [-0.3, -0.25) is 4.79 Å². The Morgan fingerprint density at radius 3 is 3.00 bits per heavy atom. The third kappa shape index (κ3) is 2.69. The third-order valence-electron chi connectivity index (χ3n) is 3.57. The number of nitrogens with two attached hydrogens (primary N) is 1. The zero-order valence-electron chi connectivity index (χ0n) is 10.8. The summed E-state index contributed by atoms with van der Waals surface area (Å²) in [6.07, 6.45) is 3.04. The smallest absolute Gasteiger partial charge is 0.248 e. The van der Waals surface area contributed by atoms with Gasteiger partial charge < -0.3 is 15.6 Å². The number of amides is 1. The van der Waals surface area contributed by atoms with E-state index in [0.717, 1.165) is 19.3 Å². The average Bonchev–Trinajstić information content (AvgIpc) is 2.96. The summed E-state index contributed by atoms with van der Waals surface area (Å²) in [6.45, 7) is 4.17. The van der Waals surface area contributed by atoms with Gasteiger partial charge in [0.15, 0.2) is 5.82 Å². The van der Waals surface area contributed by atoms with Crippen LogP contribution in [0.1, 0.15) is 43.9 Å². The Morgan fingerprint density at radius 1 is 1.61 bits per heavy atom. The molecule has 0 aromatic carbocycles. The molecule has 1 unspecified atom stereocenters. The van der Waals surface area contributed by atoms with Crippen LogP contribution in [-0.4, -0.2) is 22.6 Å². The first-order valence-electron chi connectivity index (χ1n) is 6.42. The predicted octanol–water partition coefficient (Wildman–Crippen LogP) is 0.930. The van der Waals surface area contributed by atoms with Crippen molar-refractivity contribution in [2.24, 2.45) is 17.6 Å². The number of hydrogen-bond acceptors (Lipinski definition) is 5. The van der Waals surface area contributed by atoms with E-state index in [4.69, 9.17) is 10.3 Å². The van der Waals surface area contributed by atoms with Gasteiger partial charge in [-0.05, 0) is 39.2 Å². The van der Waals surface area contributed by atoms with Crippen LogP contribution in [0.4, 0.5) is 0 Å². The fraction of sp³-hybridized carbons (Fsp3) is 0.750. The molecular weight excluding hydrogens is 232 g/mol. The zero-order chi connectivity index (χ0) is 13.1. The summed E-state index contributed by atoms with van der Waals surface area (Å²) in [5, 5.41) is 6.64. The van der Waals surface area contributed by atoms with Crippen LogP contribution < -0.4 is 11.1 Å². The van der Waals surface area contributed by atoms with Crippen molar-refractivity contribution in [2.75, 3.05) is 6.54 Å². The Balaban J connectivity index is 1.94. The molecule has 0 bridgehead atoms. The Morgan fingerprint density at radius 2 is 2.39 bits per heavy atom. The lowest BCUT2D eigenvalue weighted by molar-refractivity contribution is -0.126. The first kappa shape index (κ1) is 13.0. The molecule has 1 aliphatic carbocycles. The summed E-state index contributed by atoms with van der Waals surface area (Å²) in [5.74, 6) is 1.41. The van der Waals surface area contributed by atoms with Crippen LogP contribution in [0.5, 0.6) is 0 Å². The SMILES string of the molecule is Cc1noc(C(C)NC(=O)[C@@H]2CCC[C@@H]2CN)n1. The van der Waals surface area contributed by atoms with E-state index < -0.39 is 0 Å². The van der Waals surface area contributed by atoms with Gasteiger partial charge in [0.25, 0.3) is 0 Å². The highest BCUT2D eigenvalue weighted by atomic mass is 16.5. The van der Waals surface area contributed by atoms with Crippen molar-refractivity contribution in [2.45, 2.75) is 39.2 Å². The van der Waals surface area contributed by atoms with E-state index in [9.17, 15) is 4.79 Å². The summed E-state index contributed by atoms with van der Waals surface area (Å²) in [4.78, 5) is 16.3. The average molecular weight is 252 g/mol. The first-order valence-corrected chi connectivity index (χ1v) is 6.42. The van der Waals surface area contributed by atoms with E-state index in [-0.39, 0.29) is 17.9 Å². The van der Waals surface area contributed by atoms with Crippen LogP contribution in [0.2, 0.25) is 0 Å². The van der Waals surface area contributed by atoms with Crippen LogP contribution >= 0.6 is 0 Å². The molecule has 6 nitrogen and oxygen atoms in total. The number of carbonyl (C=O) groups is 1. The number of hydrogen-bond donors (Lipinski definition) is 2. The second-order valence-electron chi connectivity index (χ2n) is 4.94. The maximum Gasteiger partial charge on any atom is 0.248 e. The predicted molar refractivity (Wildman–Crippen MR) is 65.5 cm³/mol. The number of nitrogens with zero attached hydrogens (tertiary/aromatic N) is 2. The van der Waals surface area contributed by atoms with E-state index in [1.807, 2.05) is 6.92 Å². The second kappa shape index (κ2) is 5.48. The molecule has 1 amide bonds. The van der Waals surface area contributed by atoms with E-state index in [1.54, 1.807) is 6.92 Å². The molecule has 1 aliphatic rings. The molecule has 3 atom stereocenters. The van der Waals surface area contributed by atoms with Crippen molar-refractivity contribution in [3.05, 3.63) is 11.7 Å². The largest absolute Gasteiger partial charge is 0.344 e. The highest BCUT2D eigenvalue weighted by Gasteiger charge is 2.33. The fourth-order valence-electron chi connectivity index (χ4n) is 2.54. The molecule has 1 heterocycles. The molecule has 0 radical (unpaired) electrons. The summed E-state index contributed by atoms with van der Waals surface area (Å²) in [7, 11) is 0. The van der Waals surface area contributed by atoms with Crippen molar-refractivity contribution in [1.82, 2.24) is 15.5 Å². The zero-order valence-corrected chi connectivity index (χ0v) is 10.8. The highest BCUT2D eigenvalue weighted by molar-refractivity contribution is 5.79. The minimum Gasteiger partial charge on any atom is -0.344 e. The van der Waals surface area contributed by atoms with Crippen molar-refractivity contribution >= 4 is 5.91 Å². The normalized spacial score (nSPS) is 25.1. The van der Waals surface area contributed by atoms with Crippen molar-refractivity contribution in [3.63, 3.8) is 0 Å². The van der Waals surface area contributed by atoms with Crippen LogP contribution in [-0.2, 0) is 4.79 Å². The fourth-order valence-corrected chi connectivity index (χ4v) is 2.54. The Labute approximate surface area is 106 Å². The lowest BCUT2D eigenvalue weighted by Gasteiger charge is -2.19. The maximum absolute atomic E-state index is 12.1. The molecule has 3 N–H and O–H groups in total. The van der Waals surface area contributed by atoms with Crippen molar-refractivity contribution in [1.29, 1.82) is 0 Å². The van der Waals surface area contributed by atoms with Gasteiger partial charge in [-0.1, -0.05) is 11.6 Å². The van der Waals surface area contributed by atoms with Gasteiger partial charge in [0.1, 0.15) is 6.04 Å². The molecule has 6 heteroatoms. The maximum atomic E-state index is 12.1. The van der Waals surface area contributed by atoms with E-state index in [0.29, 0.717) is 24.2 Å². The quantitative estimate of drug-likeness (QED) is 0.831. The lowest BCUT2D eigenvalue weighted by atomic mass is 9.95. The van der Waals surface area contributed by atoms with Gasteiger partial charge in [-0.25, -0.2) is 0 Å². The third-order valence-corrected chi connectivity index (χ3v) is 3.57. The van der Waals surface area contributed by atoms with Crippen molar-refractivity contribution < 1.29 is 9.32 Å². The van der Waals surface area contributed by atoms with Crippen LogP contribution in [0, 0.1) is 18.8 Å². The molecule has 100 valence electrons. The van der Waals surface area contributed by atoms with Crippen LogP contribution in [0.15, 0.2) is 4.52 Å². The van der Waals surface area contributed by atoms with E-state index in [2.05, 4.69) is 15.5 Å². The molecule has 1 saturated carbocycles. The number of aromatic nitrogens is 2. The standard InChI is InChI=1S/C12H20N4O2/c1-7(12-15-8(2)16-18-12)14-11(17)10-5-3-4-9(10)6-13/h7,9-10H,3-6,13H2,1-2H3,(H,14,17)/t7?,9-,10-/m1/s1. The molecule has 18 heavy (non-hydrogen) atoms. The molecule has 2 rings (SSSR count). The highest BCUT2D eigenvalue weighted by Crippen LogP contribution is 2.31. The van der Waals surface area contributed by atoms with Crippen molar-refractivity contribution in [3.8, 4) is 0 Å². The molecular formula is C12H20N4O2. The molecule has 0 aliphatic heterocycles. The van der Waals surface area contributed by atoms with Gasteiger partial charge in [0.05, 0.1) is 0 Å². The number of rotatable bonds is 4. The minimum atomic E-state index is -0.252. The monoisotopic (exact) mass is 252 g/mol. The second-order valence-corrected chi connectivity index (χ2v) is 4.94. The van der Waals surface area contributed by atoms with Gasteiger partial charge in [-0.2, -0.15) is 4.98 Å². The molecule has 0 saturated heterocycles. The number of carbonyl (C=O) groups excluding carboxylic acids is 1. The first-order chi connectivity index (χ1) is 8.61. The summed E-state index contributed by atoms with van der Waals surface area (Å²) in [5.41, 5.74) is 5.69. The summed E-state index contributed by atoms with van der Waals surface area (Å²) < 4.78 is 5.04. The van der Waals surface area contributed by atoms with E-state index >= 15 is 0 Å². The van der Waals surface area contributed by atoms with Gasteiger partial charge in [0.2, 0.25) is 11.8 Å². The molecule has 1 fully saturated rings.